The number of hydrogen-bond donors (Lipinski definition) is 1. The third-order valence-electron chi connectivity index (χ3n) is 3.06. The third-order valence-corrected chi connectivity index (χ3v) is 3.70. The standard InChI is InChI=1S/C14H15BrN2O4/c1-16-13(18)11-7-5-8(15)9(17(2)3)6-10(7)21-12(11)14(19)20-4/h5-6H,1-4H3,(H,16,18). The number of rotatable bonds is 3. The van der Waals surface area contributed by atoms with E-state index < -0.39 is 11.9 Å². The normalized spacial score (nSPS) is 10.5. The van der Waals surface area contributed by atoms with Crippen LogP contribution in [-0.4, -0.2) is 40.1 Å². The SMILES string of the molecule is CNC(=O)c1c(C(=O)OC)oc2cc(N(C)C)c(Br)cc12. The number of amides is 1. The molecule has 0 aliphatic rings. The molecule has 0 spiro atoms. The summed E-state index contributed by atoms with van der Waals surface area (Å²) >= 11 is 3.46. The number of esters is 1. The Labute approximate surface area is 130 Å². The number of nitrogens with one attached hydrogen (secondary N) is 1. The molecule has 1 amide bonds. The van der Waals surface area contributed by atoms with Crippen molar-refractivity contribution in [3.05, 3.63) is 27.9 Å². The molecule has 0 saturated carbocycles. The summed E-state index contributed by atoms with van der Waals surface area (Å²) in [5.41, 5.74) is 1.49. The Bertz CT molecular complexity index is 721. The maximum absolute atomic E-state index is 12.1. The van der Waals surface area contributed by atoms with Crippen molar-refractivity contribution < 1.29 is 18.7 Å². The van der Waals surface area contributed by atoms with E-state index in [-0.39, 0.29) is 11.3 Å². The molecule has 7 heteroatoms. The quantitative estimate of drug-likeness (QED) is 0.857. The van der Waals surface area contributed by atoms with Crippen LogP contribution in [0.25, 0.3) is 11.0 Å². The van der Waals surface area contributed by atoms with Crippen LogP contribution in [0.5, 0.6) is 0 Å². The topological polar surface area (TPSA) is 71.8 Å². The van der Waals surface area contributed by atoms with Crippen molar-refractivity contribution in [2.45, 2.75) is 0 Å². The average molecular weight is 355 g/mol. The molecule has 0 atom stereocenters. The Morgan fingerprint density at radius 3 is 2.52 bits per heavy atom. The largest absolute Gasteiger partial charge is 0.463 e. The van der Waals surface area contributed by atoms with Crippen LogP contribution in [-0.2, 0) is 4.74 Å². The summed E-state index contributed by atoms with van der Waals surface area (Å²) in [6.45, 7) is 0. The van der Waals surface area contributed by atoms with Crippen molar-refractivity contribution in [3.63, 3.8) is 0 Å². The zero-order valence-corrected chi connectivity index (χ0v) is 13.7. The highest BCUT2D eigenvalue weighted by Crippen LogP contribution is 2.35. The molecule has 0 saturated heterocycles. The molecule has 0 bridgehead atoms. The van der Waals surface area contributed by atoms with Gasteiger partial charge in [-0.1, -0.05) is 0 Å². The minimum atomic E-state index is -0.688. The Hall–Kier alpha value is -2.02. The van der Waals surface area contributed by atoms with E-state index in [1.165, 1.54) is 14.2 Å². The number of fused-ring (bicyclic) bond motifs is 1. The molecule has 2 rings (SSSR count). The van der Waals surface area contributed by atoms with E-state index in [2.05, 4.69) is 26.0 Å². The molecule has 0 fully saturated rings. The number of methoxy groups -OCH3 is 1. The summed E-state index contributed by atoms with van der Waals surface area (Å²) in [5.74, 6) is -1.19. The molecule has 0 unspecified atom stereocenters. The van der Waals surface area contributed by atoms with Crippen LogP contribution in [0.15, 0.2) is 21.0 Å². The molecule has 0 radical (unpaired) electrons. The Kier molecular flexibility index (Phi) is 4.22. The summed E-state index contributed by atoms with van der Waals surface area (Å²) in [7, 11) is 6.50. The summed E-state index contributed by atoms with van der Waals surface area (Å²) in [6.07, 6.45) is 0. The van der Waals surface area contributed by atoms with Gasteiger partial charge in [0.25, 0.3) is 5.91 Å². The number of benzene rings is 1. The van der Waals surface area contributed by atoms with Gasteiger partial charge in [-0.2, -0.15) is 0 Å². The van der Waals surface area contributed by atoms with Gasteiger partial charge in [0.2, 0.25) is 5.76 Å². The summed E-state index contributed by atoms with van der Waals surface area (Å²) in [5, 5.41) is 3.05. The lowest BCUT2D eigenvalue weighted by molar-refractivity contribution is 0.0563. The molecule has 0 aliphatic carbocycles. The van der Waals surface area contributed by atoms with E-state index in [1.54, 1.807) is 12.1 Å². The second-order valence-electron chi connectivity index (χ2n) is 4.57. The van der Waals surface area contributed by atoms with Crippen LogP contribution in [0.3, 0.4) is 0 Å². The van der Waals surface area contributed by atoms with Crippen LogP contribution >= 0.6 is 15.9 Å². The molecule has 1 aromatic heterocycles. The maximum Gasteiger partial charge on any atom is 0.374 e. The van der Waals surface area contributed by atoms with Crippen LogP contribution in [0.4, 0.5) is 5.69 Å². The fraction of sp³-hybridized carbons (Fsp3) is 0.286. The molecule has 1 aromatic carbocycles. The molecule has 6 nitrogen and oxygen atoms in total. The number of ether oxygens (including phenoxy) is 1. The van der Waals surface area contributed by atoms with Crippen molar-refractivity contribution in [1.82, 2.24) is 5.32 Å². The lowest BCUT2D eigenvalue weighted by Gasteiger charge is -2.14. The average Bonchev–Trinajstić information content (AvgIpc) is 2.82. The van der Waals surface area contributed by atoms with Crippen molar-refractivity contribution in [3.8, 4) is 0 Å². The Morgan fingerprint density at radius 2 is 2.00 bits per heavy atom. The Morgan fingerprint density at radius 1 is 1.33 bits per heavy atom. The van der Waals surface area contributed by atoms with E-state index in [4.69, 9.17) is 4.42 Å². The van der Waals surface area contributed by atoms with Gasteiger partial charge in [-0.05, 0) is 22.0 Å². The molecular formula is C14H15BrN2O4. The van der Waals surface area contributed by atoms with Gasteiger partial charge >= 0.3 is 5.97 Å². The monoisotopic (exact) mass is 354 g/mol. The first-order chi connectivity index (χ1) is 9.90. The van der Waals surface area contributed by atoms with Gasteiger partial charge < -0.3 is 19.4 Å². The molecule has 112 valence electrons. The second kappa shape index (κ2) is 5.77. The number of furan rings is 1. The minimum Gasteiger partial charge on any atom is -0.463 e. The van der Waals surface area contributed by atoms with E-state index in [9.17, 15) is 9.59 Å². The van der Waals surface area contributed by atoms with Gasteiger partial charge in [-0.3, -0.25) is 4.79 Å². The molecule has 0 aliphatic heterocycles. The van der Waals surface area contributed by atoms with Crippen LogP contribution in [0.2, 0.25) is 0 Å². The van der Waals surface area contributed by atoms with E-state index in [0.29, 0.717) is 11.0 Å². The maximum atomic E-state index is 12.1. The summed E-state index contributed by atoms with van der Waals surface area (Å²) < 4.78 is 11.0. The first-order valence-corrected chi connectivity index (χ1v) is 6.93. The van der Waals surface area contributed by atoms with Gasteiger partial charge in [0.05, 0.1) is 12.8 Å². The number of carbonyl (C=O) groups excluding carboxylic acids is 2. The van der Waals surface area contributed by atoms with Crippen molar-refractivity contribution in [2.24, 2.45) is 0 Å². The number of carbonyl (C=O) groups is 2. The number of hydrogen-bond acceptors (Lipinski definition) is 5. The number of nitrogens with zero attached hydrogens (tertiary/aromatic N) is 1. The second-order valence-corrected chi connectivity index (χ2v) is 5.43. The van der Waals surface area contributed by atoms with E-state index in [1.807, 2.05) is 19.0 Å². The van der Waals surface area contributed by atoms with Gasteiger partial charge in [0.1, 0.15) is 11.1 Å². The fourth-order valence-electron chi connectivity index (χ4n) is 2.04. The zero-order chi connectivity index (χ0) is 15.7. The molecular weight excluding hydrogens is 340 g/mol. The van der Waals surface area contributed by atoms with Gasteiger partial charge in [0, 0.05) is 37.1 Å². The van der Waals surface area contributed by atoms with Crippen LogP contribution < -0.4 is 10.2 Å². The van der Waals surface area contributed by atoms with Crippen molar-refractivity contribution >= 4 is 44.5 Å². The minimum absolute atomic E-state index is 0.102. The van der Waals surface area contributed by atoms with Crippen LogP contribution in [0, 0.1) is 0 Å². The highest BCUT2D eigenvalue weighted by molar-refractivity contribution is 9.10. The fourth-order valence-corrected chi connectivity index (χ4v) is 2.73. The predicted octanol–water partition coefficient (Wildman–Crippen LogP) is 2.41. The van der Waals surface area contributed by atoms with Gasteiger partial charge in [-0.25, -0.2) is 4.79 Å². The summed E-state index contributed by atoms with van der Waals surface area (Å²) in [4.78, 5) is 25.8. The summed E-state index contributed by atoms with van der Waals surface area (Å²) in [6, 6.07) is 3.52. The van der Waals surface area contributed by atoms with Gasteiger partial charge in [0.15, 0.2) is 0 Å². The zero-order valence-electron chi connectivity index (χ0n) is 12.1. The lowest BCUT2D eigenvalue weighted by atomic mass is 10.1. The lowest BCUT2D eigenvalue weighted by Crippen LogP contribution is -2.20. The molecule has 1 heterocycles. The third kappa shape index (κ3) is 2.61. The molecule has 1 N–H and O–H groups in total. The highest BCUT2D eigenvalue weighted by atomic mass is 79.9. The van der Waals surface area contributed by atoms with Crippen LogP contribution in [0.1, 0.15) is 20.9 Å². The van der Waals surface area contributed by atoms with Crippen molar-refractivity contribution in [1.29, 1.82) is 0 Å². The smallest absolute Gasteiger partial charge is 0.374 e. The van der Waals surface area contributed by atoms with E-state index in [0.717, 1.165) is 10.2 Å². The Balaban J connectivity index is 2.80. The first-order valence-electron chi connectivity index (χ1n) is 6.14. The van der Waals surface area contributed by atoms with Crippen molar-refractivity contribution in [2.75, 3.05) is 33.2 Å². The molecule has 2 aromatic rings. The number of anilines is 1. The predicted molar refractivity (Wildman–Crippen MR) is 83.0 cm³/mol. The first kappa shape index (κ1) is 15.4. The van der Waals surface area contributed by atoms with E-state index >= 15 is 0 Å². The van der Waals surface area contributed by atoms with Gasteiger partial charge in [-0.15, -0.1) is 0 Å². The molecule has 21 heavy (non-hydrogen) atoms. The highest BCUT2D eigenvalue weighted by Gasteiger charge is 2.26. The number of halogens is 1.